The molecule has 1 aliphatic heterocycles. The fourth-order valence-corrected chi connectivity index (χ4v) is 3.37. The summed E-state index contributed by atoms with van der Waals surface area (Å²) in [6.45, 7) is 7.82. The maximum absolute atomic E-state index is 10.3. The van der Waals surface area contributed by atoms with Crippen LogP contribution in [0.2, 0.25) is 0 Å². The fourth-order valence-electron chi connectivity index (χ4n) is 3.37. The van der Waals surface area contributed by atoms with Crippen LogP contribution >= 0.6 is 0 Å². The van der Waals surface area contributed by atoms with Crippen LogP contribution in [0, 0.1) is 11.3 Å². The lowest BCUT2D eigenvalue weighted by Gasteiger charge is -2.51. The average molecular weight is 276 g/mol. The molecule has 114 valence electrons. The lowest BCUT2D eigenvalue weighted by Crippen LogP contribution is -2.63. The van der Waals surface area contributed by atoms with Crippen LogP contribution in [-0.4, -0.2) is 57.6 Å². The normalized spacial score (nSPS) is 36.8. The van der Waals surface area contributed by atoms with Crippen molar-refractivity contribution >= 4 is 0 Å². The molecule has 0 aromatic heterocycles. The van der Waals surface area contributed by atoms with Gasteiger partial charge < -0.3 is 25.2 Å². The summed E-state index contributed by atoms with van der Waals surface area (Å²) in [4.78, 5) is 0. The first-order chi connectivity index (χ1) is 8.85. The largest absolute Gasteiger partial charge is 0.394 e. The van der Waals surface area contributed by atoms with Gasteiger partial charge in [0, 0.05) is 5.41 Å². The van der Waals surface area contributed by atoms with Crippen LogP contribution in [0.4, 0.5) is 0 Å². The summed E-state index contributed by atoms with van der Waals surface area (Å²) in [5.74, 6) is 0.254. The van der Waals surface area contributed by atoms with Crippen molar-refractivity contribution in [1.82, 2.24) is 0 Å². The molecule has 1 aliphatic rings. The Labute approximate surface area is 115 Å². The molecule has 5 unspecified atom stereocenters. The van der Waals surface area contributed by atoms with Crippen LogP contribution in [-0.2, 0) is 4.74 Å². The van der Waals surface area contributed by atoms with Gasteiger partial charge in [-0.2, -0.15) is 0 Å². The second-order valence-corrected chi connectivity index (χ2v) is 5.84. The van der Waals surface area contributed by atoms with E-state index in [9.17, 15) is 20.4 Å². The van der Waals surface area contributed by atoms with Gasteiger partial charge in [0.1, 0.15) is 24.4 Å². The first kappa shape index (κ1) is 16.9. The van der Waals surface area contributed by atoms with Crippen molar-refractivity contribution in [2.75, 3.05) is 6.61 Å². The Morgan fingerprint density at radius 1 is 1.00 bits per heavy atom. The Hall–Kier alpha value is -0.200. The van der Waals surface area contributed by atoms with E-state index in [0.29, 0.717) is 0 Å². The third-order valence-electron chi connectivity index (χ3n) is 4.93. The molecule has 0 aromatic rings. The minimum atomic E-state index is -1.29. The molecule has 19 heavy (non-hydrogen) atoms. The van der Waals surface area contributed by atoms with Crippen LogP contribution in [0.25, 0.3) is 0 Å². The van der Waals surface area contributed by atoms with Crippen LogP contribution in [0.1, 0.15) is 40.5 Å². The minimum Gasteiger partial charge on any atom is -0.394 e. The third-order valence-corrected chi connectivity index (χ3v) is 4.93. The Bertz CT molecular complexity index is 275. The topological polar surface area (TPSA) is 90.2 Å². The van der Waals surface area contributed by atoms with E-state index >= 15 is 0 Å². The highest BCUT2D eigenvalue weighted by Crippen LogP contribution is 2.44. The Balaban J connectivity index is 3.08. The Morgan fingerprint density at radius 3 is 1.89 bits per heavy atom. The van der Waals surface area contributed by atoms with Crippen molar-refractivity contribution in [3.05, 3.63) is 0 Å². The standard InChI is InChI=1S/C14H28O5/c1-5-14(6-2,8(3)4)13-12(18)11(17)10(16)9(7-15)19-13/h8-13,15-18H,5-7H2,1-4H3. The smallest absolute Gasteiger partial charge is 0.111 e. The summed E-state index contributed by atoms with van der Waals surface area (Å²) < 4.78 is 5.73. The molecule has 5 nitrogen and oxygen atoms in total. The predicted molar refractivity (Wildman–Crippen MR) is 71.6 cm³/mol. The van der Waals surface area contributed by atoms with Gasteiger partial charge in [0.05, 0.1) is 12.7 Å². The summed E-state index contributed by atoms with van der Waals surface area (Å²) in [5.41, 5.74) is -0.284. The first-order valence-corrected chi connectivity index (χ1v) is 7.16. The van der Waals surface area contributed by atoms with Gasteiger partial charge in [-0.3, -0.25) is 0 Å². The van der Waals surface area contributed by atoms with E-state index in [1.165, 1.54) is 0 Å². The van der Waals surface area contributed by atoms with Gasteiger partial charge in [-0.1, -0.05) is 27.7 Å². The van der Waals surface area contributed by atoms with E-state index < -0.39 is 30.5 Å². The molecule has 5 atom stereocenters. The first-order valence-electron chi connectivity index (χ1n) is 7.16. The fraction of sp³-hybridized carbons (Fsp3) is 1.00. The minimum absolute atomic E-state index is 0.254. The summed E-state index contributed by atoms with van der Waals surface area (Å²) in [6.07, 6.45) is -3.52. The van der Waals surface area contributed by atoms with E-state index in [-0.39, 0.29) is 17.9 Å². The van der Waals surface area contributed by atoms with Gasteiger partial charge in [0.15, 0.2) is 0 Å². The quantitative estimate of drug-likeness (QED) is 0.579. The van der Waals surface area contributed by atoms with Crippen LogP contribution in [0.3, 0.4) is 0 Å². The van der Waals surface area contributed by atoms with Crippen molar-refractivity contribution in [2.24, 2.45) is 11.3 Å². The van der Waals surface area contributed by atoms with Crippen molar-refractivity contribution in [3.63, 3.8) is 0 Å². The van der Waals surface area contributed by atoms with Gasteiger partial charge in [0.25, 0.3) is 0 Å². The molecule has 0 bridgehead atoms. The SMILES string of the molecule is CCC(CC)(C(C)C)C1OC(CO)C(O)C(O)C1O. The highest BCUT2D eigenvalue weighted by atomic mass is 16.5. The van der Waals surface area contributed by atoms with Crippen LogP contribution in [0.5, 0.6) is 0 Å². The molecule has 1 saturated heterocycles. The van der Waals surface area contributed by atoms with Crippen molar-refractivity contribution in [3.8, 4) is 0 Å². The van der Waals surface area contributed by atoms with Gasteiger partial charge in [-0.25, -0.2) is 0 Å². The van der Waals surface area contributed by atoms with E-state index in [1.54, 1.807) is 0 Å². The van der Waals surface area contributed by atoms with Crippen molar-refractivity contribution < 1.29 is 25.2 Å². The predicted octanol–water partition coefficient (Wildman–Crippen LogP) is 0.291. The molecule has 4 N–H and O–H groups in total. The van der Waals surface area contributed by atoms with Crippen molar-refractivity contribution in [1.29, 1.82) is 0 Å². The highest BCUT2D eigenvalue weighted by Gasteiger charge is 2.52. The summed E-state index contributed by atoms with van der Waals surface area (Å²) in [5, 5.41) is 39.3. The number of hydrogen-bond donors (Lipinski definition) is 4. The van der Waals surface area contributed by atoms with Gasteiger partial charge in [-0.05, 0) is 18.8 Å². The maximum Gasteiger partial charge on any atom is 0.111 e. The van der Waals surface area contributed by atoms with Gasteiger partial charge in [-0.15, -0.1) is 0 Å². The van der Waals surface area contributed by atoms with Gasteiger partial charge >= 0.3 is 0 Å². The average Bonchev–Trinajstić information content (AvgIpc) is 2.40. The zero-order chi connectivity index (χ0) is 14.8. The number of rotatable bonds is 5. The molecule has 1 fully saturated rings. The maximum atomic E-state index is 10.3. The second-order valence-electron chi connectivity index (χ2n) is 5.84. The molecule has 0 aromatic carbocycles. The zero-order valence-corrected chi connectivity index (χ0v) is 12.3. The molecule has 1 rings (SSSR count). The Morgan fingerprint density at radius 2 is 1.53 bits per heavy atom. The van der Waals surface area contributed by atoms with E-state index in [4.69, 9.17) is 4.74 Å². The molecule has 0 radical (unpaired) electrons. The highest BCUT2D eigenvalue weighted by molar-refractivity contribution is 5.00. The monoisotopic (exact) mass is 276 g/mol. The molecule has 5 heteroatoms. The third kappa shape index (κ3) is 2.81. The van der Waals surface area contributed by atoms with E-state index in [2.05, 4.69) is 13.8 Å². The molecule has 0 amide bonds. The lowest BCUT2D eigenvalue weighted by atomic mass is 9.65. The molecule has 0 spiro atoms. The summed E-state index contributed by atoms with van der Waals surface area (Å²) in [6, 6.07) is 0. The molecular formula is C14H28O5. The number of aliphatic hydroxyl groups is 4. The van der Waals surface area contributed by atoms with E-state index in [0.717, 1.165) is 12.8 Å². The van der Waals surface area contributed by atoms with E-state index in [1.807, 2.05) is 13.8 Å². The summed E-state index contributed by atoms with van der Waals surface area (Å²) >= 11 is 0. The molecule has 0 saturated carbocycles. The molecular weight excluding hydrogens is 248 g/mol. The zero-order valence-electron chi connectivity index (χ0n) is 12.3. The molecule has 0 aliphatic carbocycles. The van der Waals surface area contributed by atoms with Crippen LogP contribution < -0.4 is 0 Å². The van der Waals surface area contributed by atoms with Crippen molar-refractivity contribution in [2.45, 2.75) is 71.1 Å². The lowest BCUT2D eigenvalue weighted by molar-refractivity contribution is -0.263. The number of hydrogen-bond acceptors (Lipinski definition) is 5. The summed E-state index contributed by atoms with van der Waals surface area (Å²) in [7, 11) is 0. The number of ether oxygens (including phenoxy) is 1. The second kappa shape index (κ2) is 6.50. The van der Waals surface area contributed by atoms with Gasteiger partial charge in [0.2, 0.25) is 0 Å². The Kier molecular flexibility index (Phi) is 5.77. The molecule has 1 heterocycles. The number of aliphatic hydroxyl groups excluding tert-OH is 4. The van der Waals surface area contributed by atoms with Crippen LogP contribution in [0.15, 0.2) is 0 Å².